The number of para-hydroxylation sites is 1. The zero-order chi connectivity index (χ0) is 19.5. The molecule has 2 N–H and O–H groups in total. The van der Waals surface area contributed by atoms with E-state index in [-0.39, 0.29) is 30.8 Å². The molecule has 144 valence electrons. The lowest BCUT2D eigenvalue weighted by atomic mass is 10.2. The zero-order valence-electron chi connectivity index (χ0n) is 15.1. The first-order valence-electron chi connectivity index (χ1n) is 8.57. The van der Waals surface area contributed by atoms with Gasteiger partial charge in [0.2, 0.25) is 5.91 Å². The Hall–Kier alpha value is -2.54. The van der Waals surface area contributed by atoms with Gasteiger partial charge < -0.3 is 15.4 Å². The number of nitrogens with one attached hydrogen (secondary N) is 2. The van der Waals surface area contributed by atoms with Crippen LogP contribution in [0.25, 0.3) is 0 Å². The zero-order valence-corrected chi connectivity index (χ0v) is 15.9. The molecule has 27 heavy (non-hydrogen) atoms. The van der Waals surface area contributed by atoms with Crippen LogP contribution in [0.15, 0.2) is 54.6 Å². The smallest absolute Gasteiger partial charge is 0.258 e. The van der Waals surface area contributed by atoms with Crippen molar-refractivity contribution in [3.05, 3.63) is 66.0 Å². The molecule has 0 fully saturated rings. The first-order chi connectivity index (χ1) is 13.1. The minimum absolute atomic E-state index is 0.170. The van der Waals surface area contributed by atoms with Gasteiger partial charge in [-0.1, -0.05) is 30.3 Å². The molecule has 2 aromatic rings. The topological polar surface area (TPSA) is 67.4 Å². The van der Waals surface area contributed by atoms with E-state index in [4.69, 9.17) is 4.74 Å². The van der Waals surface area contributed by atoms with Crippen LogP contribution in [0.3, 0.4) is 0 Å². The van der Waals surface area contributed by atoms with Crippen LogP contribution >= 0.6 is 11.8 Å². The van der Waals surface area contributed by atoms with Gasteiger partial charge >= 0.3 is 0 Å². The maximum absolute atomic E-state index is 13.2. The molecule has 0 aliphatic carbocycles. The number of halogens is 1. The van der Waals surface area contributed by atoms with Gasteiger partial charge in [0.05, 0.1) is 0 Å². The van der Waals surface area contributed by atoms with Crippen LogP contribution in [0.2, 0.25) is 0 Å². The molecule has 0 bridgehead atoms. The molecule has 0 aliphatic rings. The largest absolute Gasteiger partial charge is 0.484 e. The minimum atomic E-state index is -0.669. The third kappa shape index (κ3) is 7.70. The van der Waals surface area contributed by atoms with Crippen molar-refractivity contribution >= 4 is 23.6 Å². The first-order valence-corrected chi connectivity index (χ1v) is 9.96. The van der Waals surface area contributed by atoms with E-state index in [1.165, 1.54) is 12.1 Å². The van der Waals surface area contributed by atoms with E-state index in [2.05, 4.69) is 10.6 Å². The van der Waals surface area contributed by atoms with E-state index >= 15 is 0 Å². The van der Waals surface area contributed by atoms with Crippen LogP contribution in [0.4, 0.5) is 4.39 Å². The monoisotopic (exact) mass is 390 g/mol. The molecule has 7 heteroatoms. The molecule has 2 rings (SSSR count). The van der Waals surface area contributed by atoms with Gasteiger partial charge in [0.15, 0.2) is 6.61 Å². The number of rotatable bonds is 10. The lowest BCUT2D eigenvalue weighted by Gasteiger charge is -2.18. The summed E-state index contributed by atoms with van der Waals surface area (Å²) in [4.78, 5) is 24.6. The van der Waals surface area contributed by atoms with E-state index in [0.29, 0.717) is 17.7 Å². The molecular weight excluding hydrogens is 367 g/mol. The number of carbonyl (C=O) groups is 2. The molecule has 2 amide bonds. The number of thioether (sulfide) groups is 1. The van der Waals surface area contributed by atoms with Crippen LogP contribution in [0.5, 0.6) is 5.75 Å². The Morgan fingerprint density at radius 2 is 1.93 bits per heavy atom. The highest BCUT2D eigenvalue weighted by atomic mass is 32.2. The maximum atomic E-state index is 13.2. The highest BCUT2D eigenvalue weighted by Gasteiger charge is 2.20. The molecule has 0 radical (unpaired) electrons. The van der Waals surface area contributed by atoms with Crippen LogP contribution in [0, 0.1) is 5.82 Å². The highest BCUT2D eigenvalue weighted by Crippen LogP contribution is 2.08. The Labute approximate surface area is 162 Å². The number of amides is 2. The molecule has 0 heterocycles. The third-order valence-corrected chi connectivity index (χ3v) is 4.38. The predicted molar refractivity (Wildman–Crippen MR) is 105 cm³/mol. The van der Waals surface area contributed by atoms with Gasteiger partial charge in [0.1, 0.15) is 17.6 Å². The van der Waals surface area contributed by atoms with E-state index in [9.17, 15) is 14.0 Å². The fraction of sp³-hybridized carbons (Fsp3) is 0.300. The third-order valence-electron chi connectivity index (χ3n) is 3.73. The molecule has 1 unspecified atom stereocenters. The van der Waals surface area contributed by atoms with Crippen molar-refractivity contribution < 1.29 is 18.7 Å². The summed E-state index contributed by atoms with van der Waals surface area (Å²) in [6, 6.07) is 14.4. The molecule has 2 aromatic carbocycles. The second kappa shape index (κ2) is 11.2. The summed E-state index contributed by atoms with van der Waals surface area (Å²) in [5.41, 5.74) is 0.658. The van der Waals surface area contributed by atoms with Crippen LogP contribution in [0.1, 0.15) is 12.0 Å². The van der Waals surface area contributed by atoms with Gasteiger partial charge in [0, 0.05) is 6.54 Å². The Morgan fingerprint density at radius 1 is 1.15 bits per heavy atom. The molecule has 5 nitrogen and oxygen atoms in total. The summed E-state index contributed by atoms with van der Waals surface area (Å²) >= 11 is 1.59. The Bertz CT molecular complexity index is 743. The van der Waals surface area contributed by atoms with Crippen molar-refractivity contribution in [1.29, 1.82) is 0 Å². The number of hydrogen-bond donors (Lipinski definition) is 2. The van der Waals surface area contributed by atoms with Crippen LogP contribution in [-0.2, 0) is 16.1 Å². The van der Waals surface area contributed by atoms with Gasteiger partial charge in [-0.2, -0.15) is 11.8 Å². The van der Waals surface area contributed by atoms with Crippen molar-refractivity contribution in [3.63, 3.8) is 0 Å². The van der Waals surface area contributed by atoms with Gasteiger partial charge in [-0.25, -0.2) is 4.39 Å². The Balaban J connectivity index is 1.86. The normalized spacial score (nSPS) is 11.5. The van der Waals surface area contributed by atoms with Crippen molar-refractivity contribution in [3.8, 4) is 5.75 Å². The molecule has 0 aliphatic heterocycles. The van der Waals surface area contributed by atoms with Gasteiger partial charge in [0.25, 0.3) is 5.91 Å². The summed E-state index contributed by atoms with van der Waals surface area (Å²) in [5.74, 6) is 0.279. The van der Waals surface area contributed by atoms with E-state index < -0.39 is 6.04 Å². The summed E-state index contributed by atoms with van der Waals surface area (Å²) < 4.78 is 18.6. The quantitative estimate of drug-likeness (QED) is 0.655. The van der Waals surface area contributed by atoms with Gasteiger partial charge in [-0.3, -0.25) is 9.59 Å². The van der Waals surface area contributed by atoms with E-state index in [0.717, 1.165) is 5.75 Å². The lowest BCUT2D eigenvalue weighted by molar-refractivity contribution is -0.130. The summed E-state index contributed by atoms with van der Waals surface area (Å²) in [6.07, 6.45) is 2.43. The van der Waals surface area contributed by atoms with Crippen molar-refractivity contribution in [2.75, 3.05) is 18.6 Å². The average Bonchev–Trinajstić information content (AvgIpc) is 2.68. The lowest BCUT2D eigenvalue weighted by Crippen LogP contribution is -2.48. The molecule has 0 saturated heterocycles. The first kappa shape index (κ1) is 20.8. The SMILES string of the molecule is CSCCC(NC(=O)COc1ccccc1)C(=O)NCc1cccc(F)c1. The number of carbonyl (C=O) groups excluding carboxylic acids is 2. The molecule has 0 spiro atoms. The Kier molecular flexibility index (Phi) is 8.64. The second-order valence-corrected chi connectivity index (χ2v) is 6.84. The van der Waals surface area contributed by atoms with E-state index in [1.807, 2.05) is 24.5 Å². The van der Waals surface area contributed by atoms with Crippen LogP contribution < -0.4 is 15.4 Å². The van der Waals surface area contributed by atoms with Crippen molar-refractivity contribution in [1.82, 2.24) is 10.6 Å². The molecule has 0 aromatic heterocycles. The van der Waals surface area contributed by atoms with Crippen molar-refractivity contribution in [2.24, 2.45) is 0 Å². The van der Waals surface area contributed by atoms with Gasteiger partial charge in [-0.15, -0.1) is 0 Å². The standard InChI is InChI=1S/C20H23FN2O3S/c1-27-11-10-18(20(25)22-13-15-6-5-7-16(21)12-15)23-19(24)14-26-17-8-3-2-4-9-17/h2-9,12,18H,10-11,13-14H2,1H3,(H,22,25)(H,23,24). The fourth-order valence-corrected chi connectivity index (χ4v) is 2.84. The maximum Gasteiger partial charge on any atom is 0.258 e. The molecule has 0 saturated carbocycles. The summed E-state index contributed by atoms with van der Waals surface area (Å²) in [7, 11) is 0. The van der Waals surface area contributed by atoms with Crippen LogP contribution in [-0.4, -0.2) is 36.5 Å². The minimum Gasteiger partial charge on any atom is -0.484 e. The number of hydrogen-bond acceptors (Lipinski definition) is 4. The molecule has 1 atom stereocenters. The second-order valence-electron chi connectivity index (χ2n) is 5.85. The van der Waals surface area contributed by atoms with Crippen molar-refractivity contribution in [2.45, 2.75) is 19.0 Å². The number of benzene rings is 2. The highest BCUT2D eigenvalue weighted by molar-refractivity contribution is 7.98. The van der Waals surface area contributed by atoms with E-state index in [1.54, 1.807) is 36.0 Å². The summed E-state index contributed by atoms with van der Waals surface area (Å²) in [6.45, 7) is 0.0275. The number of ether oxygens (including phenoxy) is 1. The van der Waals surface area contributed by atoms with Gasteiger partial charge in [-0.05, 0) is 48.3 Å². The molecular formula is C20H23FN2O3S. The predicted octanol–water partition coefficient (Wildman–Crippen LogP) is 2.76. The average molecular weight is 390 g/mol. The fourth-order valence-electron chi connectivity index (χ4n) is 2.37. The summed E-state index contributed by atoms with van der Waals surface area (Å²) in [5, 5.41) is 5.45. The Morgan fingerprint density at radius 3 is 2.63 bits per heavy atom.